The fourth-order valence-corrected chi connectivity index (χ4v) is 1.73. The molecule has 3 heteroatoms. The second-order valence-electron chi connectivity index (χ2n) is 3.88. The van der Waals surface area contributed by atoms with Crippen molar-refractivity contribution in [2.75, 3.05) is 13.2 Å². The van der Waals surface area contributed by atoms with E-state index in [1.807, 2.05) is 0 Å². The SMILES string of the molecule is C[C@H]1[C@H](C)[C@@H](CN=O)OC[C@@H]1C. The number of nitrogens with zero attached hydrogens (tertiary/aromatic N) is 1. The van der Waals surface area contributed by atoms with Gasteiger partial charge in [-0.1, -0.05) is 25.9 Å². The lowest BCUT2D eigenvalue weighted by atomic mass is 9.80. The molecule has 0 aromatic rings. The van der Waals surface area contributed by atoms with Crippen molar-refractivity contribution in [1.82, 2.24) is 0 Å². The van der Waals surface area contributed by atoms with E-state index >= 15 is 0 Å². The normalized spacial score (nSPS) is 42.6. The second-order valence-corrected chi connectivity index (χ2v) is 3.88. The summed E-state index contributed by atoms with van der Waals surface area (Å²) in [6, 6.07) is 0. The van der Waals surface area contributed by atoms with Gasteiger partial charge in [-0.2, -0.15) is 4.91 Å². The van der Waals surface area contributed by atoms with Gasteiger partial charge in [-0.15, -0.1) is 0 Å². The van der Waals surface area contributed by atoms with Gasteiger partial charge < -0.3 is 4.74 Å². The summed E-state index contributed by atoms with van der Waals surface area (Å²) >= 11 is 0. The minimum Gasteiger partial charge on any atom is -0.376 e. The Bertz CT molecular complexity index is 161. The van der Waals surface area contributed by atoms with Crippen LogP contribution in [0.15, 0.2) is 5.18 Å². The fourth-order valence-electron chi connectivity index (χ4n) is 1.73. The van der Waals surface area contributed by atoms with Crippen molar-refractivity contribution in [3.05, 3.63) is 4.91 Å². The molecule has 1 fully saturated rings. The lowest BCUT2D eigenvalue weighted by Gasteiger charge is -2.37. The van der Waals surface area contributed by atoms with Crippen molar-refractivity contribution in [2.45, 2.75) is 26.9 Å². The van der Waals surface area contributed by atoms with Crippen molar-refractivity contribution < 1.29 is 4.74 Å². The second kappa shape index (κ2) is 3.99. The zero-order valence-electron chi connectivity index (χ0n) is 7.99. The maximum absolute atomic E-state index is 10.1. The molecule has 0 N–H and O–H groups in total. The third-order valence-electron chi connectivity index (χ3n) is 3.14. The van der Waals surface area contributed by atoms with Crippen molar-refractivity contribution in [1.29, 1.82) is 0 Å². The van der Waals surface area contributed by atoms with Gasteiger partial charge in [0.05, 0.1) is 6.10 Å². The number of ether oxygens (including phenoxy) is 1. The Morgan fingerprint density at radius 2 is 2.00 bits per heavy atom. The van der Waals surface area contributed by atoms with Crippen molar-refractivity contribution in [2.24, 2.45) is 22.9 Å². The third-order valence-corrected chi connectivity index (χ3v) is 3.14. The Balaban J connectivity index is 2.52. The van der Waals surface area contributed by atoms with E-state index in [0.717, 1.165) is 6.61 Å². The van der Waals surface area contributed by atoms with Crippen LogP contribution in [0.5, 0.6) is 0 Å². The zero-order valence-corrected chi connectivity index (χ0v) is 7.99. The summed E-state index contributed by atoms with van der Waals surface area (Å²) < 4.78 is 5.52. The molecule has 1 aliphatic rings. The molecule has 3 nitrogen and oxygen atoms in total. The van der Waals surface area contributed by atoms with Gasteiger partial charge in [0.1, 0.15) is 6.54 Å². The smallest absolute Gasteiger partial charge is 0.108 e. The fraction of sp³-hybridized carbons (Fsp3) is 1.00. The third kappa shape index (κ3) is 1.83. The van der Waals surface area contributed by atoms with Gasteiger partial charge in [0, 0.05) is 6.61 Å². The van der Waals surface area contributed by atoms with E-state index in [0.29, 0.717) is 24.3 Å². The molecule has 1 saturated heterocycles. The summed E-state index contributed by atoms with van der Waals surface area (Å²) in [5, 5.41) is 2.89. The van der Waals surface area contributed by atoms with Crippen molar-refractivity contribution in [3.63, 3.8) is 0 Å². The Hall–Kier alpha value is -0.440. The van der Waals surface area contributed by atoms with Gasteiger partial charge in [0.25, 0.3) is 0 Å². The standard InChI is InChI=1S/C9H17NO2/c1-6-5-12-9(4-10-11)8(3)7(6)2/h6-9H,4-5H2,1-3H3/t6-,7+,8-,9+/m0/s1. The Kier molecular flexibility index (Phi) is 3.20. The first-order valence-electron chi connectivity index (χ1n) is 4.57. The topological polar surface area (TPSA) is 38.7 Å². The molecular weight excluding hydrogens is 154 g/mol. The monoisotopic (exact) mass is 171 g/mol. The highest BCUT2D eigenvalue weighted by Gasteiger charge is 2.32. The van der Waals surface area contributed by atoms with Gasteiger partial charge >= 0.3 is 0 Å². The van der Waals surface area contributed by atoms with Crippen LogP contribution < -0.4 is 0 Å². The average Bonchev–Trinajstić information content (AvgIpc) is 2.07. The zero-order chi connectivity index (χ0) is 9.14. The molecule has 12 heavy (non-hydrogen) atoms. The maximum Gasteiger partial charge on any atom is 0.108 e. The maximum atomic E-state index is 10.1. The molecular formula is C9H17NO2. The Morgan fingerprint density at radius 3 is 2.58 bits per heavy atom. The summed E-state index contributed by atoms with van der Waals surface area (Å²) in [6.07, 6.45) is 0.0497. The summed E-state index contributed by atoms with van der Waals surface area (Å²) in [4.78, 5) is 10.1. The van der Waals surface area contributed by atoms with Crippen LogP contribution in [0.3, 0.4) is 0 Å². The molecule has 1 rings (SSSR count). The minimum atomic E-state index is 0.0497. The number of hydrogen-bond acceptors (Lipinski definition) is 3. The molecule has 70 valence electrons. The van der Waals surface area contributed by atoms with E-state index in [2.05, 4.69) is 25.9 Å². The summed E-state index contributed by atoms with van der Waals surface area (Å²) in [5.41, 5.74) is 0. The van der Waals surface area contributed by atoms with Gasteiger partial charge in [0.15, 0.2) is 0 Å². The predicted octanol–water partition coefficient (Wildman–Crippen LogP) is 2.06. The highest BCUT2D eigenvalue weighted by Crippen LogP contribution is 2.30. The molecule has 0 bridgehead atoms. The predicted molar refractivity (Wildman–Crippen MR) is 47.9 cm³/mol. The van der Waals surface area contributed by atoms with Crippen LogP contribution in [0.25, 0.3) is 0 Å². The van der Waals surface area contributed by atoms with Gasteiger partial charge in [-0.25, -0.2) is 0 Å². The molecule has 0 radical (unpaired) electrons. The van der Waals surface area contributed by atoms with Crippen molar-refractivity contribution >= 4 is 0 Å². The summed E-state index contributed by atoms with van der Waals surface area (Å²) in [5.74, 6) is 1.68. The molecule has 0 amide bonds. The van der Waals surface area contributed by atoms with Gasteiger partial charge in [-0.3, -0.25) is 0 Å². The van der Waals surface area contributed by atoms with E-state index in [-0.39, 0.29) is 6.10 Å². The van der Waals surface area contributed by atoms with E-state index in [9.17, 15) is 4.91 Å². The van der Waals surface area contributed by atoms with Gasteiger partial charge in [0.2, 0.25) is 0 Å². The van der Waals surface area contributed by atoms with Crippen LogP contribution in [0.2, 0.25) is 0 Å². The molecule has 0 aliphatic carbocycles. The van der Waals surface area contributed by atoms with Crippen LogP contribution in [-0.4, -0.2) is 19.3 Å². The minimum absolute atomic E-state index is 0.0497. The van der Waals surface area contributed by atoms with Crippen LogP contribution >= 0.6 is 0 Å². The first-order valence-corrected chi connectivity index (χ1v) is 4.57. The summed E-state index contributed by atoms with van der Waals surface area (Å²) in [6.45, 7) is 7.61. The van der Waals surface area contributed by atoms with Gasteiger partial charge in [-0.05, 0) is 17.8 Å². The van der Waals surface area contributed by atoms with E-state index in [4.69, 9.17) is 4.74 Å². The number of nitroso groups, excluding NO2 is 1. The highest BCUT2D eigenvalue weighted by atomic mass is 16.5. The van der Waals surface area contributed by atoms with Crippen LogP contribution in [0, 0.1) is 22.7 Å². The largest absolute Gasteiger partial charge is 0.376 e. The first-order chi connectivity index (χ1) is 5.66. The Labute approximate surface area is 73.5 Å². The van der Waals surface area contributed by atoms with Crippen LogP contribution in [0.4, 0.5) is 0 Å². The molecule has 0 spiro atoms. The molecule has 1 aliphatic heterocycles. The molecule has 0 unspecified atom stereocenters. The van der Waals surface area contributed by atoms with Crippen LogP contribution in [0.1, 0.15) is 20.8 Å². The Morgan fingerprint density at radius 1 is 1.33 bits per heavy atom. The number of rotatable bonds is 2. The molecule has 0 aromatic heterocycles. The van der Waals surface area contributed by atoms with E-state index < -0.39 is 0 Å². The average molecular weight is 171 g/mol. The molecule has 0 aromatic carbocycles. The molecule has 1 heterocycles. The first kappa shape index (κ1) is 9.65. The molecule has 4 atom stereocenters. The lowest BCUT2D eigenvalue weighted by Crippen LogP contribution is -2.40. The van der Waals surface area contributed by atoms with E-state index in [1.54, 1.807) is 0 Å². The van der Waals surface area contributed by atoms with Crippen molar-refractivity contribution in [3.8, 4) is 0 Å². The lowest BCUT2D eigenvalue weighted by molar-refractivity contribution is -0.0706. The summed E-state index contributed by atoms with van der Waals surface area (Å²) in [7, 11) is 0. The van der Waals surface area contributed by atoms with E-state index in [1.165, 1.54) is 0 Å². The van der Waals surface area contributed by atoms with Crippen LogP contribution in [-0.2, 0) is 4.74 Å². The highest BCUT2D eigenvalue weighted by molar-refractivity contribution is 4.81. The molecule has 0 saturated carbocycles. The quantitative estimate of drug-likeness (QED) is 0.596. The number of hydrogen-bond donors (Lipinski definition) is 0.